The predicted molar refractivity (Wildman–Crippen MR) is 57.6 cm³/mol. The van der Waals surface area contributed by atoms with Crippen molar-refractivity contribution in [2.24, 2.45) is 0 Å². The summed E-state index contributed by atoms with van der Waals surface area (Å²) in [5, 5.41) is 10.8. The lowest BCUT2D eigenvalue weighted by molar-refractivity contribution is -0.142. The maximum Gasteiger partial charge on any atom is 0.406 e. The second-order valence-electron chi connectivity index (χ2n) is 4.27. The van der Waals surface area contributed by atoms with E-state index < -0.39 is 36.8 Å². The molecule has 1 rings (SSSR count). The molecule has 110 valence electrons. The van der Waals surface area contributed by atoms with E-state index in [1.807, 2.05) is 5.32 Å². The second-order valence-corrected chi connectivity index (χ2v) is 4.27. The van der Waals surface area contributed by atoms with Gasteiger partial charge in [0, 0.05) is 13.2 Å². The summed E-state index contributed by atoms with van der Waals surface area (Å²) in [6.07, 6.45) is -3.53. The van der Waals surface area contributed by atoms with Crippen molar-refractivity contribution in [3.8, 4) is 0 Å². The molecule has 1 atom stereocenters. The monoisotopic (exact) mass is 284 g/mol. The lowest BCUT2D eigenvalue weighted by Gasteiger charge is -2.25. The molecule has 2 N–H and O–H groups in total. The first-order valence-electron chi connectivity index (χ1n) is 5.60. The van der Waals surface area contributed by atoms with Crippen LogP contribution < -0.4 is 5.32 Å². The molecule has 0 aromatic carbocycles. The third-order valence-electron chi connectivity index (χ3n) is 2.53. The molecule has 0 aromatic heterocycles. The fourth-order valence-corrected chi connectivity index (χ4v) is 1.52. The average Bonchev–Trinajstić information content (AvgIpc) is 3.07. The van der Waals surface area contributed by atoms with Crippen LogP contribution in [0.2, 0.25) is 0 Å². The number of carbonyl (C=O) groups is 2. The molecule has 0 radical (unpaired) electrons. The third-order valence-corrected chi connectivity index (χ3v) is 2.53. The van der Waals surface area contributed by atoms with Gasteiger partial charge in [-0.2, -0.15) is 13.2 Å². The van der Waals surface area contributed by atoms with Gasteiger partial charge in [-0.3, -0.25) is 0 Å². The molecular weight excluding hydrogens is 269 g/mol. The normalized spacial score (nSPS) is 16.8. The van der Waals surface area contributed by atoms with Gasteiger partial charge < -0.3 is 20.1 Å². The number of alkyl halides is 3. The fraction of sp³-hybridized carbons (Fsp3) is 0.800. The summed E-state index contributed by atoms with van der Waals surface area (Å²) >= 11 is 0. The van der Waals surface area contributed by atoms with Gasteiger partial charge >= 0.3 is 18.2 Å². The van der Waals surface area contributed by atoms with Crippen molar-refractivity contribution in [1.29, 1.82) is 0 Å². The summed E-state index contributed by atoms with van der Waals surface area (Å²) in [7, 11) is 1.23. The number of urea groups is 1. The summed E-state index contributed by atoms with van der Waals surface area (Å²) in [6, 6.07) is -2.88. The van der Waals surface area contributed by atoms with E-state index in [9.17, 15) is 22.8 Å². The van der Waals surface area contributed by atoms with Crippen molar-refractivity contribution in [2.45, 2.75) is 31.1 Å². The Morgan fingerprint density at radius 2 is 2.05 bits per heavy atom. The molecule has 1 saturated carbocycles. The molecule has 0 aliphatic heterocycles. The van der Waals surface area contributed by atoms with Gasteiger partial charge in [0.15, 0.2) is 6.04 Å². The number of hydrogen-bond donors (Lipinski definition) is 2. The van der Waals surface area contributed by atoms with Gasteiger partial charge in [-0.15, -0.1) is 0 Å². The van der Waals surface area contributed by atoms with E-state index in [0.29, 0.717) is 17.7 Å². The molecule has 0 heterocycles. The minimum absolute atomic E-state index is 0.314. The second kappa shape index (κ2) is 6.09. The smallest absolute Gasteiger partial charge is 0.406 e. The quantitative estimate of drug-likeness (QED) is 0.757. The van der Waals surface area contributed by atoms with E-state index >= 15 is 0 Å². The molecule has 0 saturated heterocycles. The Kier molecular flexibility index (Phi) is 4.98. The van der Waals surface area contributed by atoms with Crippen molar-refractivity contribution in [3.05, 3.63) is 0 Å². The van der Waals surface area contributed by atoms with E-state index in [-0.39, 0.29) is 6.61 Å². The summed E-state index contributed by atoms with van der Waals surface area (Å²) in [5.74, 6) is -1.36. The number of hydrogen-bond acceptors (Lipinski definition) is 3. The number of carboxylic acids is 1. The van der Waals surface area contributed by atoms with Crippen molar-refractivity contribution in [2.75, 3.05) is 20.3 Å². The molecule has 1 aliphatic rings. The standard InChI is InChI=1S/C10H15F3N2O4/c1-19-4-7(8(16)17)14-9(18)15(6-2-3-6)5-10(11,12)13/h6-7H,2-5H2,1H3,(H,14,18)(H,16,17). The molecule has 0 bridgehead atoms. The first kappa shape index (κ1) is 15.5. The van der Waals surface area contributed by atoms with Gasteiger partial charge in [-0.1, -0.05) is 0 Å². The number of nitrogens with one attached hydrogen (secondary N) is 1. The highest BCUT2D eigenvalue weighted by atomic mass is 19.4. The van der Waals surface area contributed by atoms with E-state index in [4.69, 9.17) is 5.11 Å². The molecule has 1 aliphatic carbocycles. The molecule has 0 spiro atoms. The number of amides is 2. The van der Waals surface area contributed by atoms with Gasteiger partial charge in [0.2, 0.25) is 0 Å². The molecule has 19 heavy (non-hydrogen) atoms. The third kappa shape index (κ3) is 5.33. The van der Waals surface area contributed by atoms with Crippen molar-refractivity contribution < 1.29 is 32.6 Å². The predicted octanol–water partition coefficient (Wildman–Crippen LogP) is 0.822. The molecule has 0 aromatic rings. The number of carbonyl (C=O) groups excluding carboxylic acids is 1. The highest BCUT2D eigenvalue weighted by molar-refractivity contribution is 5.83. The van der Waals surface area contributed by atoms with Crippen LogP contribution in [0.1, 0.15) is 12.8 Å². The van der Waals surface area contributed by atoms with E-state index in [2.05, 4.69) is 4.74 Å². The van der Waals surface area contributed by atoms with Crippen LogP contribution in [0.3, 0.4) is 0 Å². The van der Waals surface area contributed by atoms with Crippen LogP contribution in [0.15, 0.2) is 0 Å². The summed E-state index contributed by atoms with van der Waals surface area (Å²) in [5.41, 5.74) is 0. The minimum Gasteiger partial charge on any atom is -0.480 e. The van der Waals surface area contributed by atoms with Gasteiger partial charge in [0.1, 0.15) is 6.54 Å². The number of nitrogens with zero attached hydrogens (tertiary/aromatic N) is 1. The molecule has 9 heteroatoms. The SMILES string of the molecule is COCC(NC(=O)N(CC(F)(F)F)C1CC1)C(=O)O. The van der Waals surface area contributed by atoms with Crippen LogP contribution >= 0.6 is 0 Å². The zero-order valence-corrected chi connectivity index (χ0v) is 10.2. The first-order chi connectivity index (χ1) is 8.74. The maximum atomic E-state index is 12.3. The minimum atomic E-state index is -4.51. The van der Waals surface area contributed by atoms with Crippen molar-refractivity contribution >= 4 is 12.0 Å². The largest absolute Gasteiger partial charge is 0.480 e. The Labute approximate surface area is 107 Å². The van der Waals surface area contributed by atoms with Crippen LogP contribution in [-0.2, 0) is 9.53 Å². The zero-order chi connectivity index (χ0) is 14.6. The Balaban J connectivity index is 2.63. The summed E-state index contributed by atoms with van der Waals surface area (Å²) in [6.45, 7) is -1.70. The lowest BCUT2D eigenvalue weighted by Crippen LogP contribution is -2.52. The van der Waals surface area contributed by atoms with Crippen molar-refractivity contribution in [3.63, 3.8) is 0 Å². The molecule has 1 fully saturated rings. The summed E-state index contributed by atoms with van der Waals surface area (Å²) in [4.78, 5) is 23.1. The number of rotatable bonds is 6. The molecular formula is C10H15F3N2O4. The number of methoxy groups -OCH3 is 1. The number of aliphatic carboxylic acids is 1. The van der Waals surface area contributed by atoms with Crippen LogP contribution in [0.25, 0.3) is 0 Å². The van der Waals surface area contributed by atoms with Crippen molar-refractivity contribution in [1.82, 2.24) is 10.2 Å². The Bertz CT molecular complexity index is 344. The fourth-order valence-electron chi connectivity index (χ4n) is 1.52. The van der Waals surface area contributed by atoms with E-state index in [0.717, 1.165) is 0 Å². The Morgan fingerprint density at radius 3 is 2.42 bits per heavy atom. The topological polar surface area (TPSA) is 78.9 Å². The molecule has 1 unspecified atom stereocenters. The average molecular weight is 284 g/mol. The van der Waals surface area contributed by atoms with E-state index in [1.165, 1.54) is 7.11 Å². The maximum absolute atomic E-state index is 12.3. The number of halogens is 3. The Morgan fingerprint density at radius 1 is 1.47 bits per heavy atom. The number of carboxylic acid groups (broad SMARTS) is 1. The van der Waals surface area contributed by atoms with Gasteiger partial charge in [-0.05, 0) is 12.8 Å². The van der Waals surface area contributed by atoms with E-state index in [1.54, 1.807) is 0 Å². The molecule has 6 nitrogen and oxygen atoms in total. The lowest BCUT2D eigenvalue weighted by atomic mass is 10.3. The van der Waals surface area contributed by atoms with Gasteiger partial charge in [-0.25, -0.2) is 9.59 Å². The van der Waals surface area contributed by atoms with Gasteiger partial charge in [0.25, 0.3) is 0 Å². The highest BCUT2D eigenvalue weighted by Crippen LogP contribution is 2.30. The van der Waals surface area contributed by atoms with Crippen LogP contribution in [0.4, 0.5) is 18.0 Å². The first-order valence-corrected chi connectivity index (χ1v) is 5.60. The Hall–Kier alpha value is -1.51. The van der Waals surface area contributed by atoms with Gasteiger partial charge in [0.05, 0.1) is 6.61 Å². The zero-order valence-electron chi connectivity index (χ0n) is 10.2. The summed E-state index contributed by atoms with van der Waals surface area (Å²) < 4.78 is 41.6. The molecule has 2 amide bonds. The highest BCUT2D eigenvalue weighted by Gasteiger charge is 2.41. The van der Waals surface area contributed by atoms with Crippen LogP contribution in [0, 0.1) is 0 Å². The van der Waals surface area contributed by atoms with Crippen LogP contribution in [0.5, 0.6) is 0 Å². The number of ether oxygens (including phenoxy) is 1. The van der Waals surface area contributed by atoms with Crippen LogP contribution in [-0.4, -0.2) is 60.5 Å².